The third kappa shape index (κ3) is 14.8. The molecule has 2 nitrogen and oxygen atoms in total. The number of allylic oxidation sites excluding steroid dienone is 1. The highest BCUT2D eigenvalue weighted by molar-refractivity contribution is 5.69. The molecule has 31 heavy (non-hydrogen) atoms. The summed E-state index contributed by atoms with van der Waals surface area (Å²) in [6.07, 6.45) is 25.0. The molecule has 0 saturated carbocycles. The van der Waals surface area contributed by atoms with Gasteiger partial charge in [0.15, 0.2) is 0 Å². The molecule has 2 heteroatoms. The summed E-state index contributed by atoms with van der Waals surface area (Å²) in [5, 5.41) is 0. The van der Waals surface area contributed by atoms with Crippen LogP contribution in [-0.2, 0) is 9.53 Å². The van der Waals surface area contributed by atoms with E-state index in [2.05, 4.69) is 34.3 Å². The van der Waals surface area contributed by atoms with E-state index in [1.165, 1.54) is 77.0 Å². The number of ether oxygens (including phenoxy) is 1. The summed E-state index contributed by atoms with van der Waals surface area (Å²) in [6.45, 7) is 12.9. The first-order valence-corrected chi connectivity index (χ1v) is 13.9. The van der Waals surface area contributed by atoms with Crippen LogP contribution in [0.5, 0.6) is 0 Å². The maximum absolute atomic E-state index is 13.0. The first kappa shape index (κ1) is 30.2. The monoisotopic (exact) mass is 436 g/mol. The molecule has 184 valence electrons. The number of rotatable bonds is 23. The lowest BCUT2D eigenvalue weighted by atomic mass is 9.74. The molecule has 0 aliphatic rings. The second kappa shape index (κ2) is 21.1. The summed E-state index contributed by atoms with van der Waals surface area (Å²) < 4.78 is 6.51. The predicted octanol–water partition coefficient (Wildman–Crippen LogP) is 9.95. The number of hydrogen-bond acceptors (Lipinski definition) is 2. The number of unbranched alkanes of at least 4 members (excludes halogenated alkanes) is 10. The molecule has 0 amide bonds. The van der Waals surface area contributed by atoms with Crippen molar-refractivity contribution in [2.75, 3.05) is 0 Å². The van der Waals surface area contributed by atoms with Gasteiger partial charge in [-0.25, -0.2) is 0 Å². The molecule has 0 radical (unpaired) electrons. The maximum atomic E-state index is 13.0. The van der Waals surface area contributed by atoms with Crippen LogP contribution >= 0.6 is 0 Å². The van der Waals surface area contributed by atoms with E-state index in [0.29, 0.717) is 12.3 Å². The second-order valence-electron chi connectivity index (χ2n) is 9.68. The maximum Gasteiger partial charge on any atom is 0.306 e. The molecule has 0 aliphatic carbocycles. The third-order valence-corrected chi connectivity index (χ3v) is 6.82. The van der Waals surface area contributed by atoms with Crippen molar-refractivity contribution < 1.29 is 9.53 Å². The highest BCUT2D eigenvalue weighted by atomic mass is 16.6. The van der Waals surface area contributed by atoms with Gasteiger partial charge in [-0.1, -0.05) is 98.0 Å². The summed E-state index contributed by atoms with van der Waals surface area (Å²) in [5.41, 5.74) is -0.224. The van der Waals surface area contributed by atoms with E-state index in [0.717, 1.165) is 44.9 Å². The quantitative estimate of drug-likeness (QED) is 0.0904. The van der Waals surface area contributed by atoms with Crippen LogP contribution in [0.1, 0.15) is 156 Å². The van der Waals surface area contributed by atoms with Crippen LogP contribution in [0.3, 0.4) is 0 Å². The fourth-order valence-electron chi connectivity index (χ4n) is 4.79. The van der Waals surface area contributed by atoms with Gasteiger partial charge in [0.2, 0.25) is 0 Å². The van der Waals surface area contributed by atoms with Gasteiger partial charge in [0.05, 0.1) is 0 Å². The molecule has 0 aromatic rings. The van der Waals surface area contributed by atoms with E-state index in [1.807, 2.05) is 6.08 Å². The van der Waals surface area contributed by atoms with Crippen molar-refractivity contribution in [3.05, 3.63) is 12.7 Å². The molecule has 0 rings (SSSR count). The fourth-order valence-corrected chi connectivity index (χ4v) is 4.79. The Morgan fingerprint density at radius 2 is 1.23 bits per heavy atom. The molecule has 0 aromatic carbocycles. The molecule has 0 saturated heterocycles. The lowest BCUT2D eigenvalue weighted by Gasteiger charge is -2.41. The molecule has 0 spiro atoms. The van der Waals surface area contributed by atoms with Gasteiger partial charge in [-0.05, 0) is 63.7 Å². The van der Waals surface area contributed by atoms with Crippen LogP contribution in [0, 0.1) is 5.92 Å². The number of esters is 1. The van der Waals surface area contributed by atoms with Gasteiger partial charge < -0.3 is 4.74 Å². The lowest BCUT2D eigenvalue weighted by molar-refractivity contribution is -0.170. The highest BCUT2D eigenvalue weighted by Crippen LogP contribution is 2.40. The van der Waals surface area contributed by atoms with Crippen LogP contribution in [0.15, 0.2) is 12.7 Å². The molecular formula is C29H56O2. The van der Waals surface area contributed by atoms with Crippen molar-refractivity contribution in [1.82, 2.24) is 0 Å². The van der Waals surface area contributed by atoms with E-state index < -0.39 is 0 Å². The average molecular weight is 437 g/mol. The number of carbonyl (C=O) groups excluding carboxylic acids is 1. The van der Waals surface area contributed by atoms with Crippen LogP contribution in [0.4, 0.5) is 0 Å². The molecule has 0 aromatic heterocycles. The van der Waals surface area contributed by atoms with Gasteiger partial charge in [-0.2, -0.15) is 0 Å². The van der Waals surface area contributed by atoms with Crippen molar-refractivity contribution in [2.24, 2.45) is 5.92 Å². The molecule has 0 aliphatic heterocycles. The summed E-state index contributed by atoms with van der Waals surface area (Å²) in [7, 11) is 0. The largest absolute Gasteiger partial charge is 0.459 e. The minimum atomic E-state index is -0.224. The first-order chi connectivity index (χ1) is 15.1. The molecule has 0 bridgehead atoms. The van der Waals surface area contributed by atoms with Crippen LogP contribution in [-0.4, -0.2) is 11.6 Å². The summed E-state index contributed by atoms with van der Waals surface area (Å²) in [6, 6.07) is 0. The van der Waals surface area contributed by atoms with Crippen molar-refractivity contribution >= 4 is 5.97 Å². The Labute approximate surface area is 196 Å². The zero-order chi connectivity index (χ0) is 23.2. The van der Waals surface area contributed by atoms with Gasteiger partial charge in [0.1, 0.15) is 5.60 Å². The van der Waals surface area contributed by atoms with Gasteiger partial charge in [0, 0.05) is 6.42 Å². The van der Waals surface area contributed by atoms with Crippen molar-refractivity contribution in [1.29, 1.82) is 0 Å². The topological polar surface area (TPSA) is 26.3 Å². The normalized spacial score (nSPS) is 11.8. The fraction of sp³-hybridized carbons (Fsp3) is 0.897. The van der Waals surface area contributed by atoms with E-state index in [-0.39, 0.29) is 11.6 Å². The lowest BCUT2D eigenvalue weighted by Crippen LogP contribution is -2.43. The van der Waals surface area contributed by atoms with Crippen molar-refractivity contribution in [3.8, 4) is 0 Å². The Balaban J connectivity index is 4.97. The van der Waals surface area contributed by atoms with E-state index in [1.54, 1.807) is 0 Å². The minimum absolute atomic E-state index is 0.0665. The molecule has 0 heterocycles. The van der Waals surface area contributed by atoms with Gasteiger partial charge in [-0.15, -0.1) is 6.58 Å². The van der Waals surface area contributed by atoms with Gasteiger partial charge in [-0.3, -0.25) is 4.79 Å². The zero-order valence-electron chi connectivity index (χ0n) is 21.8. The summed E-state index contributed by atoms with van der Waals surface area (Å²) in [4.78, 5) is 13.0. The minimum Gasteiger partial charge on any atom is -0.459 e. The zero-order valence-corrected chi connectivity index (χ0v) is 21.8. The first-order valence-electron chi connectivity index (χ1n) is 13.9. The van der Waals surface area contributed by atoms with Crippen LogP contribution in [0.2, 0.25) is 0 Å². The molecule has 0 unspecified atom stereocenters. The number of hydrogen-bond donors (Lipinski definition) is 0. The summed E-state index contributed by atoms with van der Waals surface area (Å²) in [5.74, 6) is 0.594. The Morgan fingerprint density at radius 3 is 1.71 bits per heavy atom. The SMILES string of the molecule is C=CCCCCCCCCC(=O)OC(CCCC)(CCCC)C(CCCC)CCCC. The van der Waals surface area contributed by atoms with Crippen LogP contribution < -0.4 is 0 Å². The van der Waals surface area contributed by atoms with Crippen molar-refractivity contribution in [2.45, 2.75) is 162 Å². The Kier molecular flexibility index (Phi) is 20.5. The number of carbonyl (C=O) groups is 1. The van der Waals surface area contributed by atoms with Crippen molar-refractivity contribution in [3.63, 3.8) is 0 Å². The standard InChI is InChI=1S/C29H56O2/c1-6-11-16-17-18-19-20-21-24-28(30)31-29(25-14-9-4,26-15-10-5)27(22-12-7-2)23-13-8-3/h6,27H,1,7-26H2,2-5H3. The van der Waals surface area contributed by atoms with E-state index in [4.69, 9.17) is 4.74 Å². The highest BCUT2D eigenvalue weighted by Gasteiger charge is 2.40. The third-order valence-electron chi connectivity index (χ3n) is 6.82. The van der Waals surface area contributed by atoms with Gasteiger partial charge in [0.25, 0.3) is 0 Å². The molecular weight excluding hydrogens is 380 g/mol. The Bertz CT molecular complexity index is 399. The predicted molar refractivity (Wildman–Crippen MR) is 138 cm³/mol. The Morgan fingerprint density at radius 1 is 0.742 bits per heavy atom. The average Bonchev–Trinajstić information content (AvgIpc) is 2.77. The summed E-state index contributed by atoms with van der Waals surface area (Å²) >= 11 is 0. The smallest absolute Gasteiger partial charge is 0.306 e. The van der Waals surface area contributed by atoms with E-state index >= 15 is 0 Å². The molecule has 0 fully saturated rings. The van der Waals surface area contributed by atoms with Crippen LogP contribution in [0.25, 0.3) is 0 Å². The molecule has 0 N–H and O–H groups in total. The Hall–Kier alpha value is -0.790. The molecule has 0 atom stereocenters. The van der Waals surface area contributed by atoms with E-state index in [9.17, 15) is 4.79 Å². The van der Waals surface area contributed by atoms with Gasteiger partial charge >= 0.3 is 5.97 Å². The second-order valence-corrected chi connectivity index (χ2v) is 9.68.